The van der Waals surface area contributed by atoms with Gasteiger partial charge in [0.2, 0.25) is 0 Å². The molecule has 1 saturated heterocycles. The number of rotatable bonds is 4. The molecule has 6 nitrogen and oxygen atoms in total. The molecule has 1 aromatic carbocycles. The topological polar surface area (TPSA) is 59.5 Å². The van der Waals surface area contributed by atoms with Crippen molar-refractivity contribution in [2.75, 3.05) is 32.7 Å². The zero-order chi connectivity index (χ0) is 20.5. The summed E-state index contributed by atoms with van der Waals surface area (Å²) in [6.45, 7) is 4.94. The molecule has 0 aliphatic carbocycles. The van der Waals surface area contributed by atoms with Crippen LogP contribution in [0.4, 0.5) is 0 Å². The standard InChI is InChI=1S/C24H26N4O2/c29-22(27-13-11-25-24(27)19-6-2-1-3-7-19)10-5-12-26-15-18-14-20(17-26)21-8-4-9-23(30)28(21)16-18/h1-10,18,20H,11-17H2/p+1/b10-5+/t18-,20+/m0/s1. The summed E-state index contributed by atoms with van der Waals surface area (Å²) in [7, 11) is 0. The van der Waals surface area contributed by atoms with Gasteiger partial charge in [-0.25, -0.2) is 4.79 Å². The lowest BCUT2D eigenvalue weighted by molar-refractivity contribution is -0.444. The predicted octanol–water partition coefficient (Wildman–Crippen LogP) is 0.193. The fourth-order valence-electron chi connectivity index (χ4n) is 5.10. The average molecular weight is 404 g/mol. The first-order valence-corrected chi connectivity index (χ1v) is 10.8. The Morgan fingerprint density at radius 2 is 1.93 bits per heavy atom. The van der Waals surface area contributed by atoms with Crippen LogP contribution in [0.15, 0.2) is 65.5 Å². The lowest BCUT2D eigenvalue weighted by atomic mass is 9.83. The number of carbonyl (C=O) groups excluding carboxylic acids is 1. The highest BCUT2D eigenvalue weighted by atomic mass is 16.2. The van der Waals surface area contributed by atoms with Crippen molar-refractivity contribution in [3.05, 3.63) is 82.3 Å². The van der Waals surface area contributed by atoms with Crippen molar-refractivity contribution in [2.45, 2.75) is 18.9 Å². The van der Waals surface area contributed by atoms with E-state index >= 15 is 0 Å². The molecule has 1 amide bonds. The summed E-state index contributed by atoms with van der Waals surface area (Å²) < 4.78 is 1.96. The summed E-state index contributed by atoms with van der Waals surface area (Å²) in [5, 5.41) is 0. The third-order valence-electron chi connectivity index (χ3n) is 6.39. The molecule has 2 aromatic rings. The van der Waals surface area contributed by atoms with Crippen LogP contribution < -0.4 is 10.6 Å². The number of carbonyl (C=O) groups is 1. The van der Waals surface area contributed by atoms with Crippen LogP contribution in [0, 0.1) is 5.92 Å². The number of pyridine rings is 1. The molecule has 3 aliphatic rings. The van der Waals surface area contributed by atoms with Gasteiger partial charge in [-0.05, 0) is 30.5 Å². The van der Waals surface area contributed by atoms with Crippen molar-refractivity contribution in [1.82, 2.24) is 14.4 Å². The van der Waals surface area contributed by atoms with Gasteiger partial charge in [-0.3, -0.25) is 14.7 Å². The minimum atomic E-state index is 0.0213. The lowest BCUT2D eigenvalue weighted by Gasteiger charge is -2.42. The van der Waals surface area contributed by atoms with Crippen molar-refractivity contribution in [3.8, 4) is 0 Å². The number of benzene rings is 1. The van der Waals surface area contributed by atoms with E-state index in [9.17, 15) is 9.59 Å². The van der Waals surface area contributed by atoms with E-state index in [4.69, 9.17) is 0 Å². The Morgan fingerprint density at radius 3 is 2.80 bits per heavy atom. The largest absolute Gasteiger partial charge is 0.333 e. The second-order valence-electron chi connectivity index (χ2n) is 8.45. The molecule has 4 heterocycles. The van der Waals surface area contributed by atoms with Crippen molar-refractivity contribution in [3.63, 3.8) is 0 Å². The van der Waals surface area contributed by atoms with Crippen LogP contribution in [0.2, 0.25) is 0 Å². The Balaban J connectivity index is 1.22. The molecular weight excluding hydrogens is 376 g/mol. The van der Waals surface area contributed by atoms with Crippen molar-refractivity contribution < 1.29 is 9.79 Å². The second-order valence-corrected chi connectivity index (χ2v) is 8.45. The van der Waals surface area contributed by atoms with Gasteiger partial charge in [-0.1, -0.05) is 30.3 Å². The quantitative estimate of drug-likeness (QED) is 0.742. The Labute approximate surface area is 176 Å². The SMILES string of the molecule is O=C(/C=C/CN1C[C@@H]2C[C@H](C1)c1cccc(=O)n1C2)N1CC[NH+]=C1c1ccccc1. The Bertz CT molecular complexity index is 1060. The monoisotopic (exact) mass is 403 g/mol. The zero-order valence-electron chi connectivity index (χ0n) is 17.0. The van der Waals surface area contributed by atoms with E-state index in [1.807, 2.05) is 51.9 Å². The molecule has 0 spiro atoms. The van der Waals surface area contributed by atoms with E-state index in [0.29, 0.717) is 18.4 Å². The lowest BCUT2D eigenvalue weighted by Crippen LogP contribution is -2.71. The third-order valence-corrected chi connectivity index (χ3v) is 6.39. The van der Waals surface area contributed by atoms with Crippen LogP contribution in [-0.2, 0) is 11.3 Å². The highest BCUT2D eigenvalue weighted by molar-refractivity contribution is 6.08. The number of amidine groups is 1. The van der Waals surface area contributed by atoms with Crippen molar-refractivity contribution in [1.29, 1.82) is 0 Å². The first-order chi connectivity index (χ1) is 14.7. The highest BCUT2D eigenvalue weighted by Crippen LogP contribution is 2.34. The minimum Gasteiger partial charge on any atom is -0.312 e. The van der Waals surface area contributed by atoms with Gasteiger partial charge in [0.1, 0.15) is 13.1 Å². The zero-order valence-corrected chi connectivity index (χ0v) is 17.0. The Hall–Kier alpha value is -2.99. The fraction of sp³-hybridized carbons (Fsp3) is 0.375. The molecule has 0 radical (unpaired) electrons. The molecule has 1 aromatic heterocycles. The van der Waals surface area contributed by atoms with Crippen molar-refractivity contribution in [2.24, 2.45) is 5.92 Å². The van der Waals surface area contributed by atoms with Gasteiger partial charge < -0.3 is 4.57 Å². The number of fused-ring (bicyclic) bond motifs is 4. The maximum absolute atomic E-state index is 12.8. The number of nitrogens with one attached hydrogen (secondary N) is 1. The number of hydrogen-bond acceptors (Lipinski definition) is 3. The maximum atomic E-state index is 12.8. The van der Waals surface area contributed by atoms with Gasteiger partial charge >= 0.3 is 5.91 Å². The van der Waals surface area contributed by atoms with Gasteiger partial charge in [0.15, 0.2) is 0 Å². The van der Waals surface area contributed by atoms with Gasteiger partial charge in [-0.15, -0.1) is 0 Å². The summed E-state index contributed by atoms with van der Waals surface area (Å²) in [6.07, 6.45) is 4.85. The van der Waals surface area contributed by atoms with Crippen molar-refractivity contribution >= 4 is 11.7 Å². The van der Waals surface area contributed by atoms with E-state index < -0.39 is 0 Å². The molecule has 154 valence electrons. The molecule has 1 fully saturated rings. The number of aromatic nitrogens is 1. The average Bonchev–Trinajstić information content (AvgIpc) is 3.25. The van der Waals surface area contributed by atoms with E-state index in [1.165, 1.54) is 0 Å². The van der Waals surface area contributed by atoms with E-state index in [1.54, 1.807) is 12.1 Å². The minimum absolute atomic E-state index is 0.0213. The molecule has 30 heavy (non-hydrogen) atoms. The molecular formula is C24H27N4O2+. The predicted molar refractivity (Wildman–Crippen MR) is 115 cm³/mol. The first kappa shape index (κ1) is 19.0. The normalized spacial score (nSPS) is 23.5. The summed E-state index contributed by atoms with van der Waals surface area (Å²) >= 11 is 0. The summed E-state index contributed by atoms with van der Waals surface area (Å²) in [4.78, 5) is 32.5. The number of likely N-dealkylation sites (tertiary alicyclic amines) is 1. The molecule has 0 unspecified atom stereocenters. The number of hydrogen-bond donors (Lipinski definition) is 1. The number of piperidine rings is 1. The molecule has 6 heteroatoms. The summed E-state index contributed by atoms with van der Waals surface area (Å²) in [5.41, 5.74) is 2.31. The van der Waals surface area contributed by atoms with Crippen LogP contribution in [0.3, 0.4) is 0 Å². The number of nitrogens with zero attached hydrogens (tertiary/aromatic N) is 3. The van der Waals surface area contributed by atoms with E-state index in [0.717, 1.165) is 56.2 Å². The molecule has 1 N–H and O–H groups in total. The van der Waals surface area contributed by atoms with Gasteiger partial charge in [-0.2, -0.15) is 4.90 Å². The van der Waals surface area contributed by atoms with E-state index in [-0.39, 0.29) is 11.5 Å². The number of amides is 1. The maximum Gasteiger partial charge on any atom is 0.333 e. The highest BCUT2D eigenvalue weighted by Gasteiger charge is 2.34. The van der Waals surface area contributed by atoms with Gasteiger partial charge in [0.25, 0.3) is 11.4 Å². The van der Waals surface area contributed by atoms with Crippen LogP contribution >= 0.6 is 0 Å². The van der Waals surface area contributed by atoms with Crippen LogP contribution in [0.25, 0.3) is 0 Å². The summed E-state index contributed by atoms with van der Waals surface area (Å²) in [5.74, 6) is 1.81. The van der Waals surface area contributed by atoms with Gasteiger partial charge in [0, 0.05) is 49.9 Å². The second kappa shape index (κ2) is 8.03. The fourth-order valence-corrected chi connectivity index (χ4v) is 5.10. The molecule has 5 rings (SSSR count). The smallest absolute Gasteiger partial charge is 0.312 e. The summed E-state index contributed by atoms with van der Waals surface area (Å²) in [6, 6.07) is 15.6. The Morgan fingerprint density at radius 1 is 1.07 bits per heavy atom. The Kier molecular flexibility index (Phi) is 5.09. The first-order valence-electron chi connectivity index (χ1n) is 10.8. The molecule has 0 saturated carbocycles. The molecule has 2 bridgehead atoms. The van der Waals surface area contributed by atoms with Crippen LogP contribution in [0.5, 0.6) is 0 Å². The molecule has 2 atom stereocenters. The van der Waals surface area contributed by atoms with Crippen LogP contribution in [-0.4, -0.2) is 58.8 Å². The molecule has 3 aliphatic heterocycles. The third kappa shape index (κ3) is 3.63. The van der Waals surface area contributed by atoms with Crippen LogP contribution in [0.1, 0.15) is 23.6 Å². The van der Waals surface area contributed by atoms with E-state index in [2.05, 4.69) is 16.0 Å². The van der Waals surface area contributed by atoms with Gasteiger partial charge in [0.05, 0.1) is 5.56 Å².